The Morgan fingerprint density at radius 1 is 1.09 bits per heavy atom. The van der Waals surface area contributed by atoms with Crippen molar-refractivity contribution in [2.75, 3.05) is 18.9 Å². The summed E-state index contributed by atoms with van der Waals surface area (Å²) in [5, 5.41) is 6.15. The quantitative estimate of drug-likeness (QED) is 0.379. The van der Waals surface area contributed by atoms with Gasteiger partial charge < -0.3 is 9.88 Å². The van der Waals surface area contributed by atoms with E-state index in [2.05, 4.69) is 59.2 Å². The molecule has 34 heavy (non-hydrogen) atoms. The molecule has 0 saturated heterocycles. The second-order valence-electron chi connectivity index (χ2n) is 8.93. The summed E-state index contributed by atoms with van der Waals surface area (Å²) in [6.07, 6.45) is 1.81. The Morgan fingerprint density at radius 3 is 2.50 bits per heavy atom. The molecular weight excluding hydrogens is 442 g/mol. The van der Waals surface area contributed by atoms with Crippen LogP contribution in [-0.2, 0) is 11.3 Å². The molecule has 3 aromatic heterocycles. The van der Waals surface area contributed by atoms with Crippen molar-refractivity contribution in [2.45, 2.75) is 41.2 Å². The summed E-state index contributed by atoms with van der Waals surface area (Å²) >= 11 is 1.62. The Balaban J connectivity index is 1.43. The van der Waals surface area contributed by atoms with Crippen LogP contribution in [0, 0.1) is 34.6 Å². The number of rotatable bonds is 7. The molecule has 0 radical (unpaired) electrons. The van der Waals surface area contributed by atoms with Gasteiger partial charge in [0.1, 0.15) is 10.8 Å². The summed E-state index contributed by atoms with van der Waals surface area (Å²) < 4.78 is 2.15. The standard InChI is InChI=1S/C27H31N5OS/c1-17-11-18(2)27(19(3)12-17)30-25(33)14-31(6)15-26-29-23(16-34-26)22-13-20(4)32(21(22)5)24-9-7-8-10-28-24/h7-13,16H,14-15H2,1-6H3,(H,30,33). The van der Waals surface area contributed by atoms with Crippen molar-refractivity contribution in [2.24, 2.45) is 0 Å². The molecule has 1 aromatic carbocycles. The van der Waals surface area contributed by atoms with Gasteiger partial charge in [-0.3, -0.25) is 9.69 Å². The fraction of sp³-hybridized carbons (Fsp3) is 0.296. The topological polar surface area (TPSA) is 63.1 Å². The van der Waals surface area contributed by atoms with E-state index in [-0.39, 0.29) is 5.91 Å². The van der Waals surface area contributed by atoms with E-state index in [1.807, 2.05) is 50.2 Å². The van der Waals surface area contributed by atoms with Crippen molar-refractivity contribution >= 4 is 22.9 Å². The lowest BCUT2D eigenvalue weighted by atomic mass is 10.1. The van der Waals surface area contributed by atoms with E-state index in [0.29, 0.717) is 13.1 Å². The Bertz CT molecular complexity index is 1300. The van der Waals surface area contributed by atoms with Crippen molar-refractivity contribution in [1.29, 1.82) is 0 Å². The number of amides is 1. The van der Waals surface area contributed by atoms with Gasteiger partial charge in [0.25, 0.3) is 0 Å². The minimum Gasteiger partial charge on any atom is -0.324 e. The Morgan fingerprint density at radius 2 is 1.82 bits per heavy atom. The molecule has 1 N–H and O–H groups in total. The molecule has 4 rings (SSSR count). The van der Waals surface area contributed by atoms with Crippen molar-refractivity contribution in [3.05, 3.63) is 81.1 Å². The zero-order chi connectivity index (χ0) is 24.4. The average molecular weight is 474 g/mol. The first-order chi connectivity index (χ1) is 16.2. The maximum atomic E-state index is 12.7. The van der Waals surface area contributed by atoms with E-state index in [9.17, 15) is 4.79 Å². The first-order valence-electron chi connectivity index (χ1n) is 11.3. The Hall–Kier alpha value is -3.29. The Labute approximate surface area is 205 Å². The number of pyridine rings is 1. The first kappa shape index (κ1) is 23.9. The van der Waals surface area contributed by atoms with Crippen molar-refractivity contribution in [3.8, 4) is 17.1 Å². The van der Waals surface area contributed by atoms with Gasteiger partial charge in [-0.1, -0.05) is 23.8 Å². The number of hydrogen-bond donors (Lipinski definition) is 1. The number of carbonyl (C=O) groups excluding carboxylic acids is 1. The highest BCUT2D eigenvalue weighted by Crippen LogP contribution is 2.30. The largest absolute Gasteiger partial charge is 0.324 e. The first-order valence-corrected chi connectivity index (χ1v) is 12.2. The summed E-state index contributed by atoms with van der Waals surface area (Å²) in [6.45, 7) is 11.2. The fourth-order valence-corrected chi connectivity index (χ4v) is 5.33. The lowest BCUT2D eigenvalue weighted by molar-refractivity contribution is -0.117. The molecule has 7 heteroatoms. The number of nitrogens with zero attached hydrogens (tertiary/aromatic N) is 4. The monoisotopic (exact) mass is 473 g/mol. The van der Waals surface area contributed by atoms with Crippen molar-refractivity contribution < 1.29 is 4.79 Å². The summed E-state index contributed by atoms with van der Waals surface area (Å²) in [5.41, 5.74) is 8.58. The molecule has 0 atom stereocenters. The lowest BCUT2D eigenvalue weighted by Crippen LogP contribution is -2.30. The number of aryl methyl sites for hydroxylation is 4. The summed E-state index contributed by atoms with van der Waals surface area (Å²) in [5.74, 6) is 0.886. The highest BCUT2D eigenvalue weighted by Gasteiger charge is 2.17. The molecule has 176 valence electrons. The maximum absolute atomic E-state index is 12.7. The van der Waals surface area contributed by atoms with Gasteiger partial charge in [-0.05, 0) is 71.0 Å². The molecule has 0 unspecified atom stereocenters. The molecule has 0 fully saturated rings. The number of benzene rings is 1. The summed E-state index contributed by atoms with van der Waals surface area (Å²) in [6, 6.07) is 12.3. The number of nitrogens with one attached hydrogen (secondary N) is 1. The van der Waals surface area contributed by atoms with E-state index in [0.717, 1.165) is 50.3 Å². The van der Waals surface area contributed by atoms with Gasteiger partial charge in [0.05, 0.1) is 18.8 Å². The van der Waals surface area contributed by atoms with Crippen LogP contribution in [-0.4, -0.2) is 38.9 Å². The molecule has 4 aromatic rings. The highest BCUT2D eigenvalue weighted by atomic mass is 32.1. The van der Waals surface area contributed by atoms with E-state index in [1.165, 1.54) is 5.56 Å². The normalized spacial score (nSPS) is 11.3. The molecule has 0 aliphatic heterocycles. The van der Waals surface area contributed by atoms with Crippen LogP contribution >= 0.6 is 11.3 Å². The van der Waals surface area contributed by atoms with Crippen molar-refractivity contribution in [1.82, 2.24) is 19.4 Å². The molecule has 6 nitrogen and oxygen atoms in total. The van der Waals surface area contributed by atoms with Gasteiger partial charge in [0.15, 0.2) is 0 Å². The number of aromatic nitrogens is 3. The minimum absolute atomic E-state index is 0.0201. The SMILES string of the molecule is Cc1cc(C)c(NC(=O)CN(C)Cc2nc(-c3cc(C)n(-c4ccccn4)c3C)cs2)c(C)c1. The molecular formula is C27H31N5OS. The van der Waals surface area contributed by atoms with Gasteiger partial charge in [-0.15, -0.1) is 11.3 Å². The van der Waals surface area contributed by atoms with Gasteiger partial charge in [0, 0.05) is 34.2 Å². The van der Waals surface area contributed by atoms with E-state index >= 15 is 0 Å². The number of hydrogen-bond acceptors (Lipinski definition) is 5. The van der Waals surface area contributed by atoms with E-state index < -0.39 is 0 Å². The van der Waals surface area contributed by atoms with Crippen LogP contribution in [0.2, 0.25) is 0 Å². The molecule has 0 aliphatic carbocycles. The van der Waals surface area contributed by atoms with Crippen LogP contribution in [0.15, 0.2) is 48.0 Å². The lowest BCUT2D eigenvalue weighted by Gasteiger charge is -2.17. The third-order valence-electron chi connectivity index (χ3n) is 5.90. The highest BCUT2D eigenvalue weighted by molar-refractivity contribution is 7.09. The second kappa shape index (κ2) is 9.91. The second-order valence-corrected chi connectivity index (χ2v) is 9.87. The predicted molar refractivity (Wildman–Crippen MR) is 140 cm³/mol. The van der Waals surface area contributed by atoms with Gasteiger partial charge in [0.2, 0.25) is 5.91 Å². The third kappa shape index (κ3) is 5.11. The minimum atomic E-state index is -0.0201. The average Bonchev–Trinajstić information content (AvgIpc) is 3.34. The smallest absolute Gasteiger partial charge is 0.238 e. The van der Waals surface area contributed by atoms with Crippen LogP contribution in [0.5, 0.6) is 0 Å². The third-order valence-corrected chi connectivity index (χ3v) is 6.73. The number of likely N-dealkylation sites (N-methyl/N-ethyl adjacent to an activating group) is 1. The summed E-state index contributed by atoms with van der Waals surface area (Å²) in [4.78, 5) is 24.0. The van der Waals surface area contributed by atoms with Gasteiger partial charge in [-0.2, -0.15) is 0 Å². The molecule has 1 amide bonds. The van der Waals surface area contributed by atoms with Crippen LogP contribution < -0.4 is 5.32 Å². The van der Waals surface area contributed by atoms with Crippen LogP contribution in [0.3, 0.4) is 0 Å². The van der Waals surface area contributed by atoms with Crippen molar-refractivity contribution in [3.63, 3.8) is 0 Å². The fourth-order valence-electron chi connectivity index (χ4n) is 4.46. The Kier molecular flexibility index (Phi) is 6.95. The van der Waals surface area contributed by atoms with E-state index in [4.69, 9.17) is 4.98 Å². The maximum Gasteiger partial charge on any atom is 0.238 e. The van der Waals surface area contributed by atoms with Crippen LogP contribution in [0.25, 0.3) is 17.1 Å². The molecule has 0 bridgehead atoms. The van der Waals surface area contributed by atoms with Crippen LogP contribution in [0.1, 0.15) is 33.1 Å². The van der Waals surface area contributed by atoms with E-state index in [1.54, 1.807) is 11.3 Å². The predicted octanol–water partition coefficient (Wildman–Crippen LogP) is 5.61. The molecule has 0 spiro atoms. The number of carbonyl (C=O) groups is 1. The molecule has 0 saturated carbocycles. The number of anilines is 1. The summed E-state index contributed by atoms with van der Waals surface area (Å²) in [7, 11) is 1.95. The van der Waals surface area contributed by atoms with Gasteiger partial charge in [-0.25, -0.2) is 9.97 Å². The van der Waals surface area contributed by atoms with Gasteiger partial charge >= 0.3 is 0 Å². The number of thiazole rings is 1. The molecule has 3 heterocycles. The zero-order valence-electron chi connectivity index (χ0n) is 20.6. The molecule has 0 aliphatic rings. The van der Waals surface area contributed by atoms with Crippen LogP contribution in [0.4, 0.5) is 5.69 Å². The zero-order valence-corrected chi connectivity index (χ0v) is 21.5.